The van der Waals surface area contributed by atoms with Crippen LogP contribution in [0, 0.1) is 5.92 Å². The first-order valence-electron chi connectivity index (χ1n) is 9.41. The van der Waals surface area contributed by atoms with Crippen molar-refractivity contribution in [2.75, 3.05) is 27.2 Å². The van der Waals surface area contributed by atoms with Crippen LogP contribution in [0.5, 0.6) is 5.75 Å². The number of hydrogen-bond donors (Lipinski definition) is 1. The second-order valence-electron chi connectivity index (χ2n) is 7.21. The van der Waals surface area contributed by atoms with E-state index in [0.29, 0.717) is 6.54 Å². The lowest BCUT2D eigenvalue weighted by atomic mass is 9.96. The monoisotopic (exact) mass is 353 g/mol. The minimum Gasteiger partial charge on any atom is -0.496 e. The molecule has 0 spiro atoms. The van der Waals surface area contributed by atoms with Gasteiger partial charge in [-0.15, -0.1) is 0 Å². The molecule has 26 heavy (non-hydrogen) atoms. The molecule has 0 aromatic heterocycles. The van der Waals surface area contributed by atoms with Gasteiger partial charge in [0.1, 0.15) is 12.3 Å². The summed E-state index contributed by atoms with van der Waals surface area (Å²) in [6.45, 7) is 3.61. The van der Waals surface area contributed by atoms with E-state index in [0.717, 1.165) is 38.2 Å². The summed E-state index contributed by atoms with van der Waals surface area (Å²) in [4.78, 5) is 16.3. The van der Waals surface area contributed by atoms with Crippen molar-refractivity contribution in [2.24, 2.45) is 5.92 Å². The van der Waals surface area contributed by atoms with E-state index in [9.17, 15) is 4.79 Å². The molecular weight excluding hydrogens is 324 g/mol. The van der Waals surface area contributed by atoms with E-state index >= 15 is 0 Å². The normalized spacial score (nSPS) is 19.8. The molecule has 3 rings (SSSR count). The summed E-state index contributed by atoms with van der Waals surface area (Å²) >= 11 is 0. The standard InChI is InChI=1S/C22H28N2O2/c1-23(15-18-9-4-3-5-10-18)22(25)20-12-8-14-24(17-20)16-19-11-6-7-13-21(19)26-2/h3-7,9-11,13,20H,8,12,14-17H2,1-2H3/p+1/t20-/m0/s1. The molecule has 0 bridgehead atoms. The van der Waals surface area contributed by atoms with Crippen LogP contribution in [0.4, 0.5) is 0 Å². The third-order valence-corrected chi connectivity index (χ3v) is 5.24. The summed E-state index contributed by atoms with van der Waals surface area (Å²) in [6, 6.07) is 18.4. The van der Waals surface area contributed by atoms with E-state index in [1.165, 1.54) is 16.0 Å². The quantitative estimate of drug-likeness (QED) is 0.863. The number of carbonyl (C=O) groups excluding carboxylic acids is 1. The van der Waals surface area contributed by atoms with Gasteiger partial charge in [-0.05, 0) is 30.5 Å². The van der Waals surface area contributed by atoms with E-state index in [2.05, 4.69) is 24.3 Å². The zero-order valence-electron chi connectivity index (χ0n) is 15.8. The third kappa shape index (κ3) is 4.64. The Kier molecular flexibility index (Phi) is 6.29. The Morgan fingerprint density at radius 3 is 2.65 bits per heavy atom. The third-order valence-electron chi connectivity index (χ3n) is 5.24. The summed E-state index contributed by atoms with van der Waals surface area (Å²) in [7, 11) is 3.64. The van der Waals surface area contributed by atoms with Crippen LogP contribution in [-0.4, -0.2) is 38.1 Å². The number of carbonyl (C=O) groups is 1. The molecule has 1 amide bonds. The Bertz CT molecular complexity index is 717. The Hall–Kier alpha value is -2.33. The van der Waals surface area contributed by atoms with Crippen LogP contribution in [0.15, 0.2) is 54.6 Å². The van der Waals surface area contributed by atoms with E-state index in [4.69, 9.17) is 4.74 Å². The molecule has 1 saturated heterocycles. The predicted molar refractivity (Wildman–Crippen MR) is 103 cm³/mol. The molecule has 1 heterocycles. The predicted octanol–water partition coefficient (Wildman–Crippen LogP) is 2.15. The van der Waals surface area contributed by atoms with E-state index in [1.54, 1.807) is 7.11 Å². The molecule has 0 saturated carbocycles. The van der Waals surface area contributed by atoms with Crippen molar-refractivity contribution in [3.8, 4) is 5.75 Å². The maximum atomic E-state index is 12.9. The van der Waals surface area contributed by atoms with Gasteiger partial charge >= 0.3 is 0 Å². The maximum Gasteiger partial charge on any atom is 0.231 e. The summed E-state index contributed by atoms with van der Waals surface area (Å²) in [6.07, 6.45) is 2.09. The Morgan fingerprint density at radius 1 is 1.15 bits per heavy atom. The number of benzene rings is 2. The Morgan fingerprint density at radius 2 is 1.88 bits per heavy atom. The number of para-hydroxylation sites is 1. The fraction of sp³-hybridized carbons (Fsp3) is 0.409. The number of rotatable bonds is 6. The van der Waals surface area contributed by atoms with Gasteiger partial charge in [-0.2, -0.15) is 0 Å². The minimum absolute atomic E-state index is 0.113. The van der Waals surface area contributed by atoms with Crippen LogP contribution in [0.3, 0.4) is 0 Å². The number of quaternary nitrogens is 1. The van der Waals surface area contributed by atoms with Crippen LogP contribution in [0.25, 0.3) is 0 Å². The topological polar surface area (TPSA) is 34.0 Å². The van der Waals surface area contributed by atoms with Crippen molar-refractivity contribution in [3.63, 3.8) is 0 Å². The molecule has 0 radical (unpaired) electrons. The van der Waals surface area contributed by atoms with Gasteiger partial charge in [0.2, 0.25) is 5.91 Å². The summed E-state index contributed by atoms with van der Waals surface area (Å²) < 4.78 is 5.48. The lowest BCUT2D eigenvalue weighted by Gasteiger charge is -2.31. The summed E-state index contributed by atoms with van der Waals surface area (Å²) in [5, 5.41) is 0. The van der Waals surface area contributed by atoms with Crippen molar-refractivity contribution in [2.45, 2.75) is 25.9 Å². The number of likely N-dealkylation sites (tertiary alicyclic amines) is 1. The molecular formula is C22H29N2O2+. The van der Waals surface area contributed by atoms with Crippen molar-refractivity contribution < 1.29 is 14.4 Å². The fourth-order valence-corrected chi connectivity index (χ4v) is 3.89. The zero-order chi connectivity index (χ0) is 18.4. The molecule has 1 aliphatic heterocycles. The van der Waals surface area contributed by atoms with Crippen molar-refractivity contribution in [1.82, 2.24) is 4.90 Å². The fourth-order valence-electron chi connectivity index (χ4n) is 3.89. The highest BCUT2D eigenvalue weighted by Gasteiger charge is 2.31. The van der Waals surface area contributed by atoms with Gasteiger partial charge in [-0.1, -0.05) is 42.5 Å². The second-order valence-corrected chi connectivity index (χ2v) is 7.21. The molecule has 1 unspecified atom stereocenters. The lowest BCUT2D eigenvalue weighted by Crippen LogP contribution is -3.12. The molecule has 4 nitrogen and oxygen atoms in total. The Balaban J connectivity index is 1.59. The molecule has 4 heteroatoms. The highest BCUT2D eigenvalue weighted by atomic mass is 16.5. The highest BCUT2D eigenvalue weighted by molar-refractivity contribution is 5.78. The molecule has 0 aliphatic carbocycles. The average Bonchev–Trinajstić information content (AvgIpc) is 2.69. The van der Waals surface area contributed by atoms with Crippen LogP contribution in [0.1, 0.15) is 24.0 Å². The molecule has 2 atom stereocenters. The number of piperidine rings is 1. The maximum absolute atomic E-state index is 12.9. The van der Waals surface area contributed by atoms with Crippen molar-refractivity contribution in [1.29, 1.82) is 0 Å². The number of nitrogens with one attached hydrogen (secondary N) is 1. The molecule has 138 valence electrons. The molecule has 2 aromatic carbocycles. The molecule has 1 fully saturated rings. The van der Waals surface area contributed by atoms with Gasteiger partial charge in [0.25, 0.3) is 0 Å². The van der Waals surface area contributed by atoms with Crippen molar-refractivity contribution >= 4 is 5.91 Å². The van der Waals surface area contributed by atoms with Gasteiger partial charge in [0.15, 0.2) is 0 Å². The van der Waals surface area contributed by atoms with E-state index < -0.39 is 0 Å². The minimum atomic E-state index is 0.113. The number of amides is 1. The lowest BCUT2D eigenvalue weighted by molar-refractivity contribution is -0.921. The second kappa shape index (κ2) is 8.86. The van der Waals surface area contributed by atoms with Gasteiger partial charge in [0.05, 0.1) is 26.1 Å². The highest BCUT2D eigenvalue weighted by Crippen LogP contribution is 2.17. The molecule has 2 aromatic rings. The van der Waals surface area contributed by atoms with Crippen LogP contribution in [0.2, 0.25) is 0 Å². The first kappa shape index (κ1) is 18.5. The van der Waals surface area contributed by atoms with Crippen LogP contribution in [-0.2, 0) is 17.9 Å². The smallest absolute Gasteiger partial charge is 0.231 e. The van der Waals surface area contributed by atoms with Crippen molar-refractivity contribution in [3.05, 3.63) is 65.7 Å². The number of methoxy groups -OCH3 is 1. The number of ether oxygens (including phenoxy) is 1. The van der Waals surface area contributed by atoms with Gasteiger partial charge in [-0.3, -0.25) is 4.79 Å². The first-order valence-corrected chi connectivity index (χ1v) is 9.41. The van der Waals surface area contributed by atoms with Gasteiger partial charge in [-0.25, -0.2) is 0 Å². The summed E-state index contributed by atoms with van der Waals surface area (Å²) in [5.41, 5.74) is 2.40. The average molecular weight is 353 g/mol. The van der Waals surface area contributed by atoms with Crippen LogP contribution < -0.4 is 9.64 Å². The van der Waals surface area contributed by atoms with Gasteiger partial charge in [0, 0.05) is 19.2 Å². The van der Waals surface area contributed by atoms with Gasteiger partial charge < -0.3 is 14.5 Å². The van der Waals surface area contributed by atoms with E-state index in [-0.39, 0.29) is 11.8 Å². The molecule has 1 N–H and O–H groups in total. The van der Waals surface area contributed by atoms with E-state index in [1.807, 2.05) is 42.3 Å². The number of nitrogens with zero attached hydrogens (tertiary/aromatic N) is 1. The van der Waals surface area contributed by atoms with Crippen LogP contribution >= 0.6 is 0 Å². The largest absolute Gasteiger partial charge is 0.496 e. The zero-order valence-corrected chi connectivity index (χ0v) is 15.8. The first-order chi connectivity index (χ1) is 12.7. The summed E-state index contributed by atoms with van der Waals surface area (Å²) in [5.74, 6) is 1.32. The SMILES string of the molecule is COc1ccccc1C[NH+]1CCC[C@H](C(=O)N(C)Cc2ccccc2)C1. The molecule has 1 aliphatic rings. The number of hydrogen-bond acceptors (Lipinski definition) is 2. The Labute approximate surface area is 156 Å².